The Morgan fingerprint density at radius 2 is 2.06 bits per heavy atom. The molecule has 1 aliphatic carbocycles. The summed E-state index contributed by atoms with van der Waals surface area (Å²) in [5.74, 6) is 2.43. The lowest BCUT2D eigenvalue weighted by Gasteiger charge is -2.33. The molecular formula is C15H23NO2. The van der Waals surface area contributed by atoms with Gasteiger partial charge in [0.2, 0.25) is 0 Å². The molecule has 2 N–H and O–H groups in total. The third kappa shape index (κ3) is 3.16. The lowest BCUT2D eigenvalue weighted by atomic mass is 9.83. The van der Waals surface area contributed by atoms with Gasteiger partial charge in [-0.15, -0.1) is 0 Å². The monoisotopic (exact) mass is 249 g/mol. The predicted octanol–water partition coefficient (Wildman–Crippen LogP) is 2.98. The summed E-state index contributed by atoms with van der Waals surface area (Å²) in [7, 11) is 1.67. The average molecular weight is 249 g/mol. The molecule has 0 amide bonds. The molecule has 1 aliphatic rings. The molecule has 2 rings (SSSR count). The van der Waals surface area contributed by atoms with Gasteiger partial charge in [0, 0.05) is 12.1 Å². The molecule has 18 heavy (non-hydrogen) atoms. The Labute approximate surface area is 109 Å². The van der Waals surface area contributed by atoms with E-state index in [1.165, 1.54) is 12.8 Å². The molecule has 3 nitrogen and oxygen atoms in total. The van der Waals surface area contributed by atoms with Gasteiger partial charge in [0.15, 0.2) is 0 Å². The number of nitrogens with two attached hydrogens (primary N) is 1. The van der Waals surface area contributed by atoms with Gasteiger partial charge in [-0.1, -0.05) is 19.4 Å². The van der Waals surface area contributed by atoms with Crippen LogP contribution in [-0.2, 0) is 0 Å². The van der Waals surface area contributed by atoms with E-state index in [9.17, 15) is 0 Å². The molecule has 1 aromatic carbocycles. The van der Waals surface area contributed by atoms with Gasteiger partial charge in [-0.3, -0.25) is 0 Å². The number of hydrogen-bond donors (Lipinski definition) is 1. The molecule has 0 bridgehead atoms. The minimum absolute atomic E-state index is 0.135. The van der Waals surface area contributed by atoms with Crippen molar-refractivity contribution in [3.05, 3.63) is 24.3 Å². The van der Waals surface area contributed by atoms with E-state index in [1.807, 2.05) is 24.3 Å². The molecule has 3 atom stereocenters. The Morgan fingerprint density at radius 3 is 2.78 bits per heavy atom. The van der Waals surface area contributed by atoms with Crippen molar-refractivity contribution in [3.63, 3.8) is 0 Å². The van der Waals surface area contributed by atoms with Gasteiger partial charge in [-0.25, -0.2) is 0 Å². The highest BCUT2D eigenvalue weighted by molar-refractivity contribution is 5.33. The summed E-state index contributed by atoms with van der Waals surface area (Å²) < 4.78 is 11.2. The van der Waals surface area contributed by atoms with Crippen LogP contribution in [0.15, 0.2) is 24.3 Å². The Hall–Kier alpha value is -1.22. The number of benzene rings is 1. The first kappa shape index (κ1) is 13.2. The first-order chi connectivity index (χ1) is 8.72. The Morgan fingerprint density at radius 1 is 1.28 bits per heavy atom. The second-order valence-corrected chi connectivity index (χ2v) is 5.09. The summed E-state index contributed by atoms with van der Waals surface area (Å²) in [4.78, 5) is 0. The summed E-state index contributed by atoms with van der Waals surface area (Å²) in [5.41, 5.74) is 6.16. The zero-order valence-corrected chi connectivity index (χ0v) is 11.3. The van der Waals surface area contributed by atoms with Crippen LogP contribution in [0.2, 0.25) is 0 Å². The molecule has 0 aromatic heterocycles. The fourth-order valence-corrected chi connectivity index (χ4v) is 2.59. The van der Waals surface area contributed by atoms with Gasteiger partial charge in [0.25, 0.3) is 0 Å². The normalized spacial score (nSPS) is 27.8. The fraction of sp³-hybridized carbons (Fsp3) is 0.600. The standard InChI is InChI=1S/C15H23NO2/c1-3-11-7-8-14(16)15(9-11)18-13-6-4-5-12(10-13)17-2/h4-6,10-11,14-15H,3,7-9,16H2,1-2H3. The molecule has 0 spiro atoms. The summed E-state index contributed by atoms with van der Waals surface area (Å²) >= 11 is 0. The summed E-state index contributed by atoms with van der Waals surface area (Å²) in [6, 6.07) is 7.90. The van der Waals surface area contributed by atoms with Crippen molar-refractivity contribution in [2.75, 3.05) is 7.11 Å². The lowest BCUT2D eigenvalue weighted by Crippen LogP contribution is -2.43. The molecule has 0 saturated heterocycles. The van der Waals surface area contributed by atoms with Crippen molar-refractivity contribution in [1.82, 2.24) is 0 Å². The van der Waals surface area contributed by atoms with Crippen LogP contribution in [0.4, 0.5) is 0 Å². The first-order valence-electron chi connectivity index (χ1n) is 6.79. The smallest absolute Gasteiger partial charge is 0.123 e. The maximum absolute atomic E-state index is 6.16. The number of hydrogen-bond acceptors (Lipinski definition) is 3. The zero-order valence-electron chi connectivity index (χ0n) is 11.3. The maximum atomic E-state index is 6.16. The van der Waals surface area contributed by atoms with E-state index in [0.29, 0.717) is 0 Å². The molecule has 3 unspecified atom stereocenters. The number of ether oxygens (including phenoxy) is 2. The van der Waals surface area contributed by atoms with E-state index in [4.69, 9.17) is 15.2 Å². The largest absolute Gasteiger partial charge is 0.497 e. The third-order valence-electron chi connectivity index (χ3n) is 3.86. The van der Waals surface area contributed by atoms with Crippen LogP contribution in [0.3, 0.4) is 0 Å². The van der Waals surface area contributed by atoms with E-state index in [2.05, 4.69) is 6.92 Å². The fourth-order valence-electron chi connectivity index (χ4n) is 2.59. The molecule has 0 radical (unpaired) electrons. The van der Waals surface area contributed by atoms with Crippen LogP contribution in [-0.4, -0.2) is 19.3 Å². The highest BCUT2D eigenvalue weighted by Crippen LogP contribution is 2.30. The SMILES string of the molecule is CCC1CCC(N)C(Oc2cccc(OC)c2)C1. The van der Waals surface area contributed by atoms with Crippen molar-refractivity contribution < 1.29 is 9.47 Å². The van der Waals surface area contributed by atoms with Crippen LogP contribution < -0.4 is 15.2 Å². The highest BCUT2D eigenvalue weighted by atomic mass is 16.5. The molecule has 0 heterocycles. The minimum Gasteiger partial charge on any atom is -0.497 e. The molecular weight excluding hydrogens is 226 g/mol. The van der Waals surface area contributed by atoms with E-state index in [0.717, 1.165) is 30.3 Å². The van der Waals surface area contributed by atoms with Gasteiger partial charge >= 0.3 is 0 Å². The van der Waals surface area contributed by atoms with Crippen LogP contribution >= 0.6 is 0 Å². The molecule has 1 fully saturated rings. The minimum atomic E-state index is 0.135. The van der Waals surface area contributed by atoms with Crippen LogP contribution in [0.5, 0.6) is 11.5 Å². The quantitative estimate of drug-likeness (QED) is 0.892. The summed E-state index contributed by atoms with van der Waals surface area (Å²) in [6.07, 6.45) is 4.71. The van der Waals surface area contributed by atoms with Crippen LogP contribution in [0.1, 0.15) is 32.6 Å². The Kier molecular flexibility index (Phi) is 4.48. The van der Waals surface area contributed by atoms with Crippen molar-refractivity contribution in [3.8, 4) is 11.5 Å². The van der Waals surface area contributed by atoms with E-state index >= 15 is 0 Å². The Bertz CT molecular complexity index is 381. The third-order valence-corrected chi connectivity index (χ3v) is 3.86. The molecule has 3 heteroatoms. The second kappa shape index (κ2) is 6.10. The van der Waals surface area contributed by atoms with Gasteiger partial charge in [0.1, 0.15) is 17.6 Å². The van der Waals surface area contributed by atoms with E-state index in [-0.39, 0.29) is 12.1 Å². The summed E-state index contributed by atoms with van der Waals surface area (Å²) in [6.45, 7) is 2.24. The molecule has 100 valence electrons. The maximum Gasteiger partial charge on any atom is 0.123 e. The van der Waals surface area contributed by atoms with Crippen molar-refractivity contribution >= 4 is 0 Å². The first-order valence-corrected chi connectivity index (χ1v) is 6.79. The van der Waals surface area contributed by atoms with E-state index < -0.39 is 0 Å². The van der Waals surface area contributed by atoms with Gasteiger partial charge in [-0.05, 0) is 37.3 Å². The van der Waals surface area contributed by atoms with Gasteiger partial charge < -0.3 is 15.2 Å². The molecule has 0 aliphatic heterocycles. The number of rotatable bonds is 4. The molecule has 1 saturated carbocycles. The topological polar surface area (TPSA) is 44.5 Å². The van der Waals surface area contributed by atoms with Crippen molar-refractivity contribution in [1.29, 1.82) is 0 Å². The van der Waals surface area contributed by atoms with Gasteiger partial charge in [-0.2, -0.15) is 0 Å². The van der Waals surface area contributed by atoms with Crippen molar-refractivity contribution in [2.24, 2.45) is 11.7 Å². The second-order valence-electron chi connectivity index (χ2n) is 5.09. The zero-order chi connectivity index (χ0) is 13.0. The van der Waals surface area contributed by atoms with Crippen LogP contribution in [0, 0.1) is 5.92 Å². The highest BCUT2D eigenvalue weighted by Gasteiger charge is 2.28. The van der Waals surface area contributed by atoms with Crippen LogP contribution in [0.25, 0.3) is 0 Å². The molecule has 1 aromatic rings. The van der Waals surface area contributed by atoms with Crippen molar-refractivity contribution in [2.45, 2.75) is 44.8 Å². The predicted molar refractivity (Wildman–Crippen MR) is 73.0 cm³/mol. The summed E-state index contributed by atoms with van der Waals surface area (Å²) in [5, 5.41) is 0. The number of methoxy groups -OCH3 is 1. The Balaban J connectivity index is 2.02. The lowest BCUT2D eigenvalue weighted by molar-refractivity contribution is 0.101. The van der Waals surface area contributed by atoms with E-state index in [1.54, 1.807) is 7.11 Å². The van der Waals surface area contributed by atoms with Gasteiger partial charge in [0.05, 0.1) is 7.11 Å². The average Bonchev–Trinajstić information content (AvgIpc) is 2.41.